The van der Waals surface area contributed by atoms with Gasteiger partial charge in [0, 0.05) is 24.3 Å². The largest absolute Gasteiger partial charge is 0.423 e. The second kappa shape index (κ2) is 6.15. The number of nitrogens with one attached hydrogen (secondary N) is 1. The fraction of sp³-hybridized carbons (Fsp3) is 0.400. The van der Waals surface area contributed by atoms with Gasteiger partial charge in [0.15, 0.2) is 0 Å². The number of amides is 2. The van der Waals surface area contributed by atoms with Crippen molar-refractivity contribution in [2.75, 3.05) is 18.4 Å². The number of anilines is 1. The summed E-state index contributed by atoms with van der Waals surface area (Å²) in [7, 11) is 0. The Morgan fingerprint density at radius 1 is 1.32 bits per heavy atom. The van der Waals surface area contributed by atoms with Crippen LogP contribution in [0.4, 0.5) is 10.5 Å². The zero-order valence-electron chi connectivity index (χ0n) is 12.5. The van der Waals surface area contributed by atoms with Crippen molar-refractivity contribution < 1.29 is 13.9 Å². The molecule has 7 heteroatoms. The highest BCUT2D eigenvalue weighted by atomic mass is 16.5. The van der Waals surface area contributed by atoms with E-state index in [1.165, 1.54) is 6.39 Å². The Bertz CT molecular complexity index is 634. The maximum atomic E-state index is 12.4. The van der Waals surface area contributed by atoms with Crippen LogP contribution >= 0.6 is 0 Å². The number of hydrogen-bond acceptors (Lipinski definition) is 5. The van der Waals surface area contributed by atoms with Crippen molar-refractivity contribution in [1.29, 1.82) is 0 Å². The first kappa shape index (κ1) is 14.5. The highest BCUT2D eigenvalue weighted by Crippen LogP contribution is 2.21. The zero-order chi connectivity index (χ0) is 15.5. The lowest BCUT2D eigenvalue weighted by Gasteiger charge is -2.35. The van der Waals surface area contributed by atoms with E-state index in [-0.39, 0.29) is 18.2 Å². The summed E-state index contributed by atoms with van der Waals surface area (Å²) in [5.74, 6) is 0.421. The average Bonchev–Trinajstić information content (AvgIpc) is 3.00. The normalized spacial score (nSPS) is 21.6. The molecular weight excluding hydrogens is 284 g/mol. The molecule has 0 saturated carbocycles. The van der Waals surface area contributed by atoms with E-state index in [2.05, 4.69) is 15.5 Å². The third-order valence-corrected chi connectivity index (χ3v) is 3.43. The quantitative estimate of drug-likeness (QED) is 0.921. The molecule has 1 aromatic heterocycles. The molecule has 3 rings (SSSR count). The number of ether oxygens (including phenoxy) is 1. The van der Waals surface area contributed by atoms with Gasteiger partial charge >= 0.3 is 6.03 Å². The minimum Gasteiger partial charge on any atom is -0.423 e. The Labute approximate surface area is 128 Å². The smallest absolute Gasteiger partial charge is 0.322 e. The van der Waals surface area contributed by atoms with E-state index in [1.54, 1.807) is 11.0 Å². The molecule has 0 aliphatic carbocycles. The zero-order valence-corrected chi connectivity index (χ0v) is 12.5. The Morgan fingerprint density at radius 3 is 2.77 bits per heavy atom. The first-order valence-corrected chi connectivity index (χ1v) is 7.20. The van der Waals surface area contributed by atoms with Crippen molar-refractivity contribution >= 4 is 11.7 Å². The van der Waals surface area contributed by atoms with Crippen LogP contribution in [0.15, 0.2) is 35.1 Å². The summed E-state index contributed by atoms with van der Waals surface area (Å²) >= 11 is 0. The number of carbonyl (C=O) groups is 1. The molecule has 1 aromatic carbocycles. The lowest BCUT2D eigenvalue weighted by atomic mass is 10.2. The molecule has 1 N–H and O–H groups in total. The molecule has 0 bridgehead atoms. The van der Waals surface area contributed by atoms with Gasteiger partial charge in [-0.2, -0.15) is 0 Å². The van der Waals surface area contributed by atoms with Crippen molar-refractivity contribution in [2.45, 2.75) is 26.1 Å². The van der Waals surface area contributed by atoms with Crippen LogP contribution in [0.25, 0.3) is 11.5 Å². The molecule has 1 fully saturated rings. The Balaban J connectivity index is 1.70. The second-order valence-electron chi connectivity index (χ2n) is 5.42. The van der Waals surface area contributed by atoms with Gasteiger partial charge in [0.2, 0.25) is 12.3 Å². The van der Waals surface area contributed by atoms with Crippen LogP contribution in [-0.2, 0) is 4.74 Å². The fourth-order valence-corrected chi connectivity index (χ4v) is 2.58. The average molecular weight is 302 g/mol. The number of aromatic nitrogens is 2. The number of nitrogens with zero attached hydrogens (tertiary/aromatic N) is 3. The monoisotopic (exact) mass is 302 g/mol. The summed E-state index contributed by atoms with van der Waals surface area (Å²) in [4.78, 5) is 14.1. The fourth-order valence-electron chi connectivity index (χ4n) is 2.58. The Kier molecular flexibility index (Phi) is 4.06. The second-order valence-corrected chi connectivity index (χ2v) is 5.42. The van der Waals surface area contributed by atoms with Gasteiger partial charge in [-0.1, -0.05) is 6.07 Å². The minimum absolute atomic E-state index is 0.0410. The van der Waals surface area contributed by atoms with E-state index in [0.717, 1.165) is 5.56 Å². The third-order valence-electron chi connectivity index (χ3n) is 3.43. The van der Waals surface area contributed by atoms with Crippen LogP contribution in [0, 0.1) is 0 Å². The lowest BCUT2D eigenvalue weighted by Crippen LogP contribution is -2.49. The minimum atomic E-state index is -0.135. The van der Waals surface area contributed by atoms with Gasteiger partial charge in [-0.25, -0.2) is 4.79 Å². The Hall–Kier alpha value is -2.41. The van der Waals surface area contributed by atoms with E-state index < -0.39 is 0 Å². The Morgan fingerprint density at radius 2 is 2.09 bits per heavy atom. The molecule has 116 valence electrons. The molecular formula is C15H18N4O3. The molecule has 1 aliphatic heterocycles. The lowest BCUT2D eigenvalue weighted by molar-refractivity contribution is -0.0530. The first-order valence-electron chi connectivity index (χ1n) is 7.20. The summed E-state index contributed by atoms with van der Waals surface area (Å²) < 4.78 is 10.8. The molecule has 0 radical (unpaired) electrons. The number of rotatable bonds is 2. The van der Waals surface area contributed by atoms with Crippen LogP contribution in [0.1, 0.15) is 13.8 Å². The van der Waals surface area contributed by atoms with Crippen molar-refractivity contribution in [3.8, 4) is 11.5 Å². The van der Waals surface area contributed by atoms with Crippen molar-refractivity contribution in [3.05, 3.63) is 30.7 Å². The number of benzene rings is 1. The van der Waals surface area contributed by atoms with Crippen LogP contribution in [0.2, 0.25) is 0 Å². The van der Waals surface area contributed by atoms with E-state index >= 15 is 0 Å². The van der Waals surface area contributed by atoms with Gasteiger partial charge in [-0.3, -0.25) is 0 Å². The summed E-state index contributed by atoms with van der Waals surface area (Å²) in [6.07, 6.45) is 1.36. The van der Waals surface area contributed by atoms with Gasteiger partial charge in [0.05, 0.1) is 12.2 Å². The highest BCUT2D eigenvalue weighted by molar-refractivity contribution is 5.90. The maximum Gasteiger partial charge on any atom is 0.322 e. The van der Waals surface area contributed by atoms with E-state index in [1.807, 2.05) is 32.0 Å². The van der Waals surface area contributed by atoms with Gasteiger partial charge in [-0.05, 0) is 32.0 Å². The van der Waals surface area contributed by atoms with Crippen molar-refractivity contribution in [2.24, 2.45) is 0 Å². The summed E-state index contributed by atoms with van der Waals surface area (Å²) in [5.41, 5.74) is 1.45. The number of urea groups is 1. The summed E-state index contributed by atoms with van der Waals surface area (Å²) in [5, 5.41) is 10.4. The molecule has 0 spiro atoms. The van der Waals surface area contributed by atoms with Gasteiger partial charge in [0.1, 0.15) is 0 Å². The van der Waals surface area contributed by atoms with Gasteiger partial charge in [0.25, 0.3) is 0 Å². The molecule has 22 heavy (non-hydrogen) atoms. The SMILES string of the molecule is C[C@@H]1CN(C(=O)Nc2cccc(-c3nnco3)c2)C[C@@H](C)O1. The summed E-state index contributed by atoms with van der Waals surface area (Å²) in [6.45, 7) is 5.09. The van der Waals surface area contributed by atoms with Crippen molar-refractivity contribution in [1.82, 2.24) is 15.1 Å². The van der Waals surface area contributed by atoms with Crippen molar-refractivity contribution in [3.63, 3.8) is 0 Å². The van der Waals surface area contributed by atoms with Crippen LogP contribution < -0.4 is 5.32 Å². The van der Waals surface area contributed by atoms with E-state index in [0.29, 0.717) is 24.7 Å². The molecule has 1 saturated heterocycles. The third kappa shape index (κ3) is 3.25. The van der Waals surface area contributed by atoms with E-state index in [9.17, 15) is 4.79 Å². The predicted octanol–water partition coefficient (Wildman–Crippen LogP) is 2.38. The number of carbonyl (C=O) groups excluding carboxylic acids is 1. The molecule has 7 nitrogen and oxygen atoms in total. The molecule has 1 aliphatic rings. The highest BCUT2D eigenvalue weighted by Gasteiger charge is 2.25. The molecule has 2 heterocycles. The first-order chi connectivity index (χ1) is 10.6. The maximum absolute atomic E-state index is 12.4. The van der Waals surface area contributed by atoms with Gasteiger partial charge in [-0.15, -0.1) is 10.2 Å². The van der Waals surface area contributed by atoms with E-state index in [4.69, 9.17) is 9.15 Å². The van der Waals surface area contributed by atoms with Crippen LogP contribution in [0.3, 0.4) is 0 Å². The van der Waals surface area contributed by atoms with Crippen LogP contribution in [0.5, 0.6) is 0 Å². The number of hydrogen-bond donors (Lipinski definition) is 1. The standard InChI is InChI=1S/C15H18N4O3/c1-10-7-19(8-11(2)22-10)15(20)17-13-5-3-4-12(6-13)14-18-16-9-21-14/h3-6,9-11H,7-8H2,1-2H3,(H,17,20)/t10-,11-/m1/s1. The summed E-state index contributed by atoms with van der Waals surface area (Å²) in [6, 6.07) is 7.18. The predicted molar refractivity (Wildman–Crippen MR) is 80.3 cm³/mol. The number of morpholine rings is 1. The molecule has 2 aromatic rings. The molecule has 0 unspecified atom stereocenters. The molecule has 2 amide bonds. The van der Waals surface area contributed by atoms with Crippen LogP contribution in [-0.4, -0.2) is 46.4 Å². The molecule has 2 atom stereocenters. The van der Waals surface area contributed by atoms with Gasteiger partial charge < -0.3 is 19.4 Å². The topological polar surface area (TPSA) is 80.5 Å².